The molecule has 144 valence electrons. The van der Waals surface area contributed by atoms with Crippen LogP contribution in [-0.2, 0) is 4.79 Å². The lowest BCUT2D eigenvalue weighted by atomic mass is 9.92. The van der Waals surface area contributed by atoms with Crippen molar-refractivity contribution < 1.29 is 4.79 Å². The van der Waals surface area contributed by atoms with Crippen molar-refractivity contribution in [1.82, 2.24) is 4.90 Å². The van der Waals surface area contributed by atoms with Gasteiger partial charge in [-0.05, 0) is 35.8 Å². The van der Waals surface area contributed by atoms with Gasteiger partial charge in [0.1, 0.15) is 0 Å². The molecule has 2 nitrogen and oxygen atoms in total. The van der Waals surface area contributed by atoms with Crippen molar-refractivity contribution in [2.75, 3.05) is 13.1 Å². The molecule has 0 saturated carbocycles. The third-order valence-electron chi connectivity index (χ3n) is 5.44. The summed E-state index contributed by atoms with van der Waals surface area (Å²) in [4.78, 5) is 15.7. The number of piperidine rings is 1. The standard InChI is InChI=1S/C27H25NO/c1-21(24-15-9-4-10-16-24)28-19-25(17-22-11-5-2-6-12-22)27(29)26(20-28)18-23-13-7-3-8-14-23/h2-18,21H,19-20H2,1H3/b25-17+,26-18+/t21-/m1/s1. The zero-order chi connectivity index (χ0) is 20.1. The normalized spacial score (nSPS) is 18.9. The fraction of sp³-hybridized carbons (Fsp3) is 0.148. The van der Waals surface area contributed by atoms with Crippen LogP contribution in [0.2, 0.25) is 0 Å². The van der Waals surface area contributed by atoms with E-state index in [2.05, 4.69) is 36.1 Å². The number of likely N-dealkylation sites (tertiary alicyclic amines) is 1. The van der Waals surface area contributed by atoms with E-state index in [1.54, 1.807) is 0 Å². The van der Waals surface area contributed by atoms with Crippen LogP contribution < -0.4 is 0 Å². The lowest BCUT2D eigenvalue weighted by Gasteiger charge is -2.34. The summed E-state index contributed by atoms with van der Waals surface area (Å²) in [5.74, 6) is 0.147. The second kappa shape index (κ2) is 8.85. The Kier molecular flexibility index (Phi) is 5.83. The van der Waals surface area contributed by atoms with Crippen LogP contribution in [0.1, 0.15) is 29.7 Å². The van der Waals surface area contributed by atoms with Crippen molar-refractivity contribution in [1.29, 1.82) is 0 Å². The highest BCUT2D eigenvalue weighted by molar-refractivity contribution is 6.14. The summed E-state index contributed by atoms with van der Waals surface area (Å²) < 4.78 is 0. The van der Waals surface area contributed by atoms with Crippen LogP contribution in [-0.4, -0.2) is 23.8 Å². The van der Waals surface area contributed by atoms with E-state index in [4.69, 9.17) is 0 Å². The molecule has 0 aromatic heterocycles. The number of ketones is 1. The van der Waals surface area contributed by atoms with Gasteiger partial charge in [-0.15, -0.1) is 0 Å². The molecule has 0 radical (unpaired) electrons. The van der Waals surface area contributed by atoms with Gasteiger partial charge in [-0.25, -0.2) is 0 Å². The molecule has 1 saturated heterocycles. The minimum absolute atomic E-state index is 0.147. The van der Waals surface area contributed by atoms with Gasteiger partial charge >= 0.3 is 0 Å². The van der Waals surface area contributed by atoms with Gasteiger partial charge in [-0.3, -0.25) is 9.69 Å². The number of Topliss-reactive ketones (excluding diaryl/α,β-unsaturated/α-hetero) is 1. The fourth-order valence-corrected chi connectivity index (χ4v) is 3.78. The third-order valence-corrected chi connectivity index (χ3v) is 5.44. The minimum atomic E-state index is 0.147. The molecule has 0 N–H and O–H groups in total. The largest absolute Gasteiger partial charge is 0.289 e. The molecule has 3 aromatic rings. The molecule has 1 heterocycles. The molecule has 0 amide bonds. The first-order valence-corrected chi connectivity index (χ1v) is 10.1. The van der Waals surface area contributed by atoms with E-state index in [9.17, 15) is 4.79 Å². The second-order valence-electron chi connectivity index (χ2n) is 7.48. The molecule has 1 aliphatic heterocycles. The number of carbonyl (C=O) groups is 1. The summed E-state index contributed by atoms with van der Waals surface area (Å²) >= 11 is 0. The van der Waals surface area contributed by atoms with E-state index in [0.717, 1.165) is 22.3 Å². The Hall–Kier alpha value is -3.23. The van der Waals surface area contributed by atoms with Gasteiger partial charge in [0.2, 0.25) is 0 Å². The number of rotatable bonds is 4. The Bertz CT molecular complexity index is 958. The van der Waals surface area contributed by atoms with Gasteiger partial charge in [0.05, 0.1) is 0 Å². The quantitative estimate of drug-likeness (QED) is 0.534. The number of nitrogens with zero attached hydrogens (tertiary/aromatic N) is 1. The summed E-state index contributed by atoms with van der Waals surface area (Å²) in [5.41, 5.74) is 5.06. The van der Waals surface area contributed by atoms with Gasteiger partial charge in [0.25, 0.3) is 0 Å². The SMILES string of the molecule is C[C@H](c1ccccc1)N1C/C(=C\c2ccccc2)C(=O)/C(=C/c2ccccc2)C1. The van der Waals surface area contributed by atoms with E-state index in [1.165, 1.54) is 5.56 Å². The Labute approximate surface area is 172 Å². The monoisotopic (exact) mass is 379 g/mol. The van der Waals surface area contributed by atoms with Crippen molar-refractivity contribution in [2.24, 2.45) is 0 Å². The first-order chi connectivity index (χ1) is 14.2. The highest BCUT2D eigenvalue weighted by Gasteiger charge is 2.29. The molecule has 29 heavy (non-hydrogen) atoms. The molecule has 0 spiro atoms. The highest BCUT2D eigenvalue weighted by Crippen LogP contribution is 2.29. The molecule has 0 bridgehead atoms. The van der Waals surface area contributed by atoms with Crippen molar-refractivity contribution in [2.45, 2.75) is 13.0 Å². The fourth-order valence-electron chi connectivity index (χ4n) is 3.78. The van der Waals surface area contributed by atoms with E-state index < -0.39 is 0 Å². The van der Waals surface area contributed by atoms with Crippen LogP contribution in [0.4, 0.5) is 0 Å². The zero-order valence-electron chi connectivity index (χ0n) is 16.7. The van der Waals surface area contributed by atoms with Gasteiger partial charge in [0, 0.05) is 30.3 Å². The van der Waals surface area contributed by atoms with Crippen molar-refractivity contribution in [3.63, 3.8) is 0 Å². The number of hydrogen-bond donors (Lipinski definition) is 0. The van der Waals surface area contributed by atoms with E-state index in [-0.39, 0.29) is 11.8 Å². The second-order valence-corrected chi connectivity index (χ2v) is 7.48. The average Bonchev–Trinajstić information content (AvgIpc) is 2.78. The molecule has 1 fully saturated rings. The molecule has 1 aliphatic rings. The molecule has 0 unspecified atom stereocenters. The number of benzene rings is 3. The maximum absolute atomic E-state index is 13.3. The predicted molar refractivity (Wildman–Crippen MR) is 120 cm³/mol. The van der Waals surface area contributed by atoms with E-state index in [0.29, 0.717) is 13.1 Å². The molecule has 4 rings (SSSR count). The first-order valence-electron chi connectivity index (χ1n) is 10.1. The smallest absolute Gasteiger partial charge is 0.187 e. The Morgan fingerprint density at radius 1 is 0.690 bits per heavy atom. The van der Waals surface area contributed by atoms with Gasteiger partial charge in [-0.2, -0.15) is 0 Å². The number of carbonyl (C=O) groups excluding carboxylic acids is 1. The highest BCUT2D eigenvalue weighted by atomic mass is 16.1. The van der Waals surface area contributed by atoms with Crippen LogP contribution in [0.5, 0.6) is 0 Å². The van der Waals surface area contributed by atoms with E-state index >= 15 is 0 Å². The van der Waals surface area contributed by atoms with Crippen LogP contribution in [0.25, 0.3) is 12.2 Å². The number of hydrogen-bond acceptors (Lipinski definition) is 2. The zero-order valence-corrected chi connectivity index (χ0v) is 16.7. The van der Waals surface area contributed by atoms with Gasteiger partial charge in [-0.1, -0.05) is 91.0 Å². The molecular weight excluding hydrogens is 354 g/mol. The minimum Gasteiger partial charge on any atom is -0.289 e. The molecule has 3 aromatic carbocycles. The van der Waals surface area contributed by atoms with Crippen molar-refractivity contribution in [3.05, 3.63) is 119 Å². The van der Waals surface area contributed by atoms with Gasteiger partial charge in [0.15, 0.2) is 5.78 Å². The molecule has 1 atom stereocenters. The Morgan fingerprint density at radius 2 is 1.10 bits per heavy atom. The van der Waals surface area contributed by atoms with Crippen LogP contribution >= 0.6 is 0 Å². The summed E-state index contributed by atoms with van der Waals surface area (Å²) in [5, 5.41) is 0. The molecule has 0 aliphatic carbocycles. The van der Waals surface area contributed by atoms with Crippen LogP contribution in [0, 0.1) is 0 Å². The van der Waals surface area contributed by atoms with Crippen molar-refractivity contribution in [3.8, 4) is 0 Å². The first kappa shape index (κ1) is 19.1. The summed E-state index contributed by atoms with van der Waals surface area (Å²) in [6.07, 6.45) is 4.07. The molecule has 2 heteroatoms. The molecular formula is C27H25NO. The maximum atomic E-state index is 13.3. The summed E-state index contributed by atoms with van der Waals surface area (Å²) in [6, 6.07) is 30.9. The summed E-state index contributed by atoms with van der Waals surface area (Å²) in [7, 11) is 0. The van der Waals surface area contributed by atoms with Crippen LogP contribution in [0.15, 0.2) is 102 Å². The average molecular weight is 380 g/mol. The maximum Gasteiger partial charge on any atom is 0.187 e. The van der Waals surface area contributed by atoms with Crippen molar-refractivity contribution >= 4 is 17.9 Å². The van der Waals surface area contributed by atoms with Crippen LogP contribution in [0.3, 0.4) is 0 Å². The lowest BCUT2D eigenvalue weighted by Crippen LogP contribution is -2.39. The van der Waals surface area contributed by atoms with E-state index in [1.807, 2.05) is 78.9 Å². The summed E-state index contributed by atoms with van der Waals surface area (Å²) in [6.45, 7) is 3.51. The predicted octanol–water partition coefficient (Wildman–Crippen LogP) is 5.80. The Morgan fingerprint density at radius 3 is 1.55 bits per heavy atom. The lowest BCUT2D eigenvalue weighted by molar-refractivity contribution is -0.113. The third kappa shape index (κ3) is 4.61. The topological polar surface area (TPSA) is 20.3 Å². The Balaban J connectivity index is 1.71. The van der Waals surface area contributed by atoms with Gasteiger partial charge < -0.3 is 0 Å².